The van der Waals surface area contributed by atoms with Crippen LogP contribution in [0.25, 0.3) is 0 Å². The highest BCUT2D eigenvalue weighted by molar-refractivity contribution is 5.94. The van der Waals surface area contributed by atoms with E-state index in [4.69, 9.17) is 4.74 Å². The summed E-state index contributed by atoms with van der Waals surface area (Å²) in [5.74, 6) is -0.258. The Bertz CT molecular complexity index is 414. The third-order valence-corrected chi connectivity index (χ3v) is 2.91. The van der Waals surface area contributed by atoms with Gasteiger partial charge in [0, 0.05) is 19.3 Å². The van der Waals surface area contributed by atoms with Crippen LogP contribution >= 0.6 is 0 Å². The van der Waals surface area contributed by atoms with Crippen molar-refractivity contribution < 1.29 is 14.6 Å². The van der Waals surface area contributed by atoms with Gasteiger partial charge >= 0.3 is 0 Å². The molecule has 1 amide bonds. The van der Waals surface area contributed by atoms with Crippen LogP contribution in [0.1, 0.15) is 30.1 Å². The zero-order valence-corrected chi connectivity index (χ0v) is 9.77. The lowest BCUT2D eigenvalue weighted by molar-refractivity contribution is 0.0206. The number of hydrogen-bond acceptors (Lipinski definition) is 4. The number of ether oxygens (including phenoxy) is 1. The second kappa shape index (κ2) is 4.71. The zero-order chi connectivity index (χ0) is 12.3. The predicted molar refractivity (Wildman–Crippen MR) is 61.8 cm³/mol. The van der Waals surface area contributed by atoms with E-state index < -0.39 is 0 Å². The largest absolute Gasteiger partial charge is 0.506 e. The Balaban J connectivity index is 1.93. The quantitative estimate of drug-likeness (QED) is 0.824. The molecule has 2 rings (SSSR count). The van der Waals surface area contributed by atoms with Gasteiger partial charge in [-0.25, -0.2) is 0 Å². The van der Waals surface area contributed by atoms with Gasteiger partial charge in [0.25, 0.3) is 5.91 Å². The fourth-order valence-corrected chi connectivity index (χ4v) is 1.90. The lowest BCUT2D eigenvalue weighted by atomic mass is 10.0. The van der Waals surface area contributed by atoms with E-state index in [-0.39, 0.29) is 17.3 Å². The Labute approximate surface area is 99.8 Å². The van der Waals surface area contributed by atoms with E-state index in [2.05, 4.69) is 10.3 Å². The van der Waals surface area contributed by atoms with Gasteiger partial charge in [0.2, 0.25) is 0 Å². The SMILES string of the molecule is CC1(CNC(=O)c2cncc(O)c2)CCCO1. The maximum Gasteiger partial charge on any atom is 0.253 e. The molecule has 5 nitrogen and oxygen atoms in total. The molecule has 0 aromatic carbocycles. The first kappa shape index (κ1) is 11.9. The molecule has 5 heteroatoms. The number of amides is 1. The second-order valence-electron chi connectivity index (χ2n) is 4.52. The number of rotatable bonds is 3. The zero-order valence-electron chi connectivity index (χ0n) is 9.77. The number of aromatic hydroxyl groups is 1. The van der Waals surface area contributed by atoms with Crippen molar-refractivity contribution in [1.82, 2.24) is 10.3 Å². The van der Waals surface area contributed by atoms with E-state index in [9.17, 15) is 9.90 Å². The minimum absolute atomic E-state index is 0.0130. The van der Waals surface area contributed by atoms with Crippen LogP contribution in [0.5, 0.6) is 5.75 Å². The fraction of sp³-hybridized carbons (Fsp3) is 0.500. The highest BCUT2D eigenvalue weighted by Gasteiger charge is 2.30. The highest BCUT2D eigenvalue weighted by Crippen LogP contribution is 2.24. The average Bonchev–Trinajstić information content (AvgIpc) is 2.74. The third kappa shape index (κ3) is 2.94. The number of nitrogens with zero attached hydrogens (tertiary/aromatic N) is 1. The topological polar surface area (TPSA) is 71.5 Å². The summed E-state index contributed by atoms with van der Waals surface area (Å²) in [4.78, 5) is 15.5. The Morgan fingerprint density at radius 2 is 2.47 bits per heavy atom. The van der Waals surface area contributed by atoms with Gasteiger partial charge in [0.1, 0.15) is 5.75 Å². The van der Waals surface area contributed by atoms with E-state index in [0.29, 0.717) is 12.1 Å². The first-order valence-corrected chi connectivity index (χ1v) is 5.65. The van der Waals surface area contributed by atoms with Crippen LogP contribution in [-0.4, -0.2) is 34.8 Å². The van der Waals surface area contributed by atoms with Crippen LogP contribution in [0, 0.1) is 0 Å². The van der Waals surface area contributed by atoms with Gasteiger partial charge in [-0.15, -0.1) is 0 Å². The molecule has 1 aromatic heterocycles. The molecule has 1 aliphatic rings. The van der Waals surface area contributed by atoms with Crippen LogP contribution in [0.3, 0.4) is 0 Å². The van der Waals surface area contributed by atoms with Gasteiger partial charge in [-0.3, -0.25) is 9.78 Å². The van der Waals surface area contributed by atoms with Crippen molar-refractivity contribution in [3.05, 3.63) is 24.0 Å². The first-order chi connectivity index (χ1) is 8.09. The summed E-state index contributed by atoms with van der Waals surface area (Å²) in [6.45, 7) is 3.21. The second-order valence-corrected chi connectivity index (χ2v) is 4.52. The maximum absolute atomic E-state index is 11.8. The molecule has 1 atom stereocenters. The molecule has 0 bridgehead atoms. The number of nitrogens with one attached hydrogen (secondary N) is 1. The summed E-state index contributed by atoms with van der Waals surface area (Å²) < 4.78 is 5.57. The van der Waals surface area contributed by atoms with Crippen molar-refractivity contribution in [2.45, 2.75) is 25.4 Å². The van der Waals surface area contributed by atoms with Crippen molar-refractivity contribution in [1.29, 1.82) is 0 Å². The Morgan fingerprint density at radius 1 is 1.65 bits per heavy atom. The lowest BCUT2D eigenvalue weighted by Crippen LogP contribution is -2.40. The van der Waals surface area contributed by atoms with Crippen molar-refractivity contribution in [2.75, 3.05) is 13.2 Å². The molecule has 17 heavy (non-hydrogen) atoms. The minimum Gasteiger partial charge on any atom is -0.506 e. The van der Waals surface area contributed by atoms with Gasteiger partial charge in [0.05, 0.1) is 17.4 Å². The maximum atomic E-state index is 11.8. The van der Waals surface area contributed by atoms with Crippen molar-refractivity contribution >= 4 is 5.91 Å². The molecular weight excluding hydrogens is 220 g/mol. The number of aromatic nitrogens is 1. The van der Waals surface area contributed by atoms with Crippen molar-refractivity contribution in [2.24, 2.45) is 0 Å². The molecule has 0 spiro atoms. The van der Waals surface area contributed by atoms with Crippen LogP contribution in [0.2, 0.25) is 0 Å². The van der Waals surface area contributed by atoms with Gasteiger partial charge in [-0.05, 0) is 25.8 Å². The molecule has 1 aliphatic heterocycles. The highest BCUT2D eigenvalue weighted by atomic mass is 16.5. The van der Waals surface area contributed by atoms with E-state index in [1.807, 2.05) is 6.92 Å². The summed E-state index contributed by atoms with van der Waals surface area (Å²) in [6, 6.07) is 1.39. The molecule has 2 heterocycles. The smallest absolute Gasteiger partial charge is 0.253 e. The van der Waals surface area contributed by atoms with Crippen LogP contribution in [0.4, 0.5) is 0 Å². The Morgan fingerprint density at radius 3 is 3.12 bits per heavy atom. The van der Waals surface area contributed by atoms with Crippen LogP contribution in [0.15, 0.2) is 18.5 Å². The van der Waals surface area contributed by atoms with Gasteiger partial charge in [0.15, 0.2) is 0 Å². The number of hydrogen-bond donors (Lipinski definition) is 2. The monoisotopic (exact) mass is 236 g/mol. The number of carbonyl (C=O) groups excluding carboxylic acids is 1. The van der Waals surface area contributed by atoms with E-state index in [1.165, 1.54) is 18.5 Å². The van der Waals surface area contributed by atoms with Crippen LogP contribution < -0.4 is 5.32 Å². The number of carbonyl (C=O) groups is 1. The summed E-state index contributed by atoms with van der Waals surface area (Å²) >= 11 is 0. The van der Waals surface area contributed by atoms with E-state index in [1.54, 1.807) is 0 Å². The molecule has 0 saturated carbocycles. The summed E-state index contributed by atoms with van der Waals surface area (Å²) in [6.07, 6.45) is 4.69. The van der Waals surface area contributed by atoms with Gasteiger partial charge in [-0.1, -0.05) is 0 Å². The normalized spacial score (nSPS) is 23.6. The molecule has 0 aliphatic carbocycles. The Hall–Kier alpha value is -1.62. The molecule has 0 radical (unpaired) electrons. The van der Waals surface area contributed by atoms with E-state index >= 15 is 0 Å². The molecule has 1 fully saturated rings. The van der Waals surface area contributed by atoms with Crippen molar-refractivity contribution in [3.63, 3.8) is 0 Å². The minimum atomic E-state index is -0.264. The Kier molecular flexibility index (Phi) is 3.28. The van der Waals surface area contributed by atoms with E-state index in [0.717, 1.165) is 19.4 Å². The summed E-state index contributed by atoms with van der Waals surface area (Å²) in [7, 11) is 0. The van der Waals surface area contributed by atoms with Gasteiger partial charge in [-0.2, -0.15) is 0 Å². The fourth-order valence-electron chi connectivity index (χ4n) is 1.90. The van der Waals surface area contributed by atoms with Crippen LogP contribution in [-0.2, 0) is 4.74 Å². The standard InChI is InChI=1S/C12H16N2O3/c1-12(3-2-4-17-12)8-14-11(16)9-5-10(15)7-13-6-9/h5-7,15H,2-4,8H2,1H3,(H,14,16). The summed E-state index contributed by atoms with van der Waals surface area (Å²) in [5, 5.41) is 12.0. The molecule has 92 valence electrons. The average molecular weight is 236 g/mol. The molecule has 1 aromatic rings. The predicted octanol–water partition coefficient (Wildman–Crippen LogP) is 1.09. The van der Waals surface area contributed by atoms with Gasteiger partial charge < -0.3 is 15.2 Å². The lowest BCUT2D eigenvalue weighted by Gasteiger charge is -2.23. The molecule has 1 unspecified atom stereocenters. The number of pyridine rings is 1. The first-order valence-electron chi connectivity index (χ1n) is 5.65. The summed E-state index contributed by atoms with van der Waals surface area (Å²) in [5.41, 5.74) is 0.0894. The molecule has 1 saturated heterocycles. The van der Waals surface area contributed by atoms with Crippen molar-refractivity contribution in [3.8, 4) is 5.75 Å². The molecule has 2 N–H and O–H groups in total. The molecular formula is C12H16N2O3. The third-order valence-electron chi connectivity index (χ3n) is 2.91.